The van der Waals surface area contributed by atoms with Gasteiger partial charge in [0.2, 0.25) is 5.91 Å². The number of carbonyl (C=O) groups is 2. The van der Waals surface area contributed by atoms with Crippen LogP contribution < -0.4 is 0 Å². The van der Waals surface area contributed by atoms with Crippen LogP contribution in [-0.4, -0.2) is 64.9 Å². The number of alkyl halides is 3. The van der Waals surface area contributed by atoms with Crippen LogP contribution in [0.25, 0.3) is 0 Å². The van der Waals surface area contributed by atoms with Crippen LogP contribution in [0.15, 0.2) is 24.4 Å². The van der Waals surface area contributed by atoms with Gasteiger partial charge < -0.3 is 19.5 Å². The van der Waals surface area contributed by atoms with E-state index in [-0.39, 0.29) is 11.5 Å². The Balaban J connectivity index is 0.000000396. The maximum Gasteiger partial charge on any atom is 0.490 e. The average molecular weight is 432 g/mol. The van der Waals surface area contributed by atoms with E-state index in [1.54, 1.807) is 13.1 Å². The molecule has 30 heavy (non-hydrogen) atoms. The largest absolute Gasteiger partial charge is 0.490 e. The molecule has 2 saturated heterocycles. The number of carbonyl (C=O) groups excluding carboxylic acids is 1. The zero-order valence-electron chi connectivity index (χ0n) is 16.9. The predicted octanol–water partition coefficient (Wildman–Crippen LogP) is 3.04. The summed E-state index contributed by atoms with van der Waals surface area (Å²) in [6.45, 7) is 5.44. The summed E-state index contributed by atoms with van der Waals surface area (Å²) in [5.74, 6) is -2.04. The molecule has 3 heterocycles. The molecular formula is C20H27F3N2O5. The standard InChI is InChI=1S/C18H26N2O3.C2HF3O2/c1-15(21)20-10-7-18(8-11-20)16(6-13-23-18)5-12-22-14-17-4-2-3-9-19-17;3-2(4,5)1(6)7/h2-4,9,16H,5-8,10-14H2,1H3;(H,6,7). The summed E-state index contributed by atoms with van der Waals surface area (Å²) in [4.78, 5) is 26.6. The van der Waals surface area contributed by atoms with Crippen LogP contribution in [-0.2, 0) is 25.7 Å². The fraction of sp³-hybridized carbons (Fsp3) is 0.650. The van der Waals surface area contributed by atoms with Crippen LogP contribution in [0.4, 0.5) is 13.2 Å². The quantitative estimate of drug-likeness (QED) is 0.720. The zero-order valence-corrected chi connectivity index (χ0v) is 16.9. The van der Waals surface area contributed by atoms with Gasteiger partial charge >= 0.3 is 12.1 Å². The molecule has 1 N–H and O–H groups in total. The summed E-state index contributed by atoms with van der Waals surface area (Å²) in [7, 11) is 0. The molecule has 0 radical (unpaired) electrons. The predicted molar refractivity (Wildman–Crippen MR) is 100 cm³/mol. The van der Waals surface area contributed by atoms with Gasteiger partial charge in [-0.2, -0.15) is 13.2 Å². The first-order valence-electron chi connectivity index (χ1n) is 9.81. The first-order valence-corrected chi connectivity index (χ1v) is 9.81. The highest BCUT2D eigenvalue weighted by atomic mass is 19.4. The number of amides is 1. The highest BCUT2D eigenvalue weighted by Gasteiger charge is 2.46. The molecule has 10 heteroatoms. The monoisotopic (exact) mass is 432 g/mol. The molecule has 0 saturated carbocycles. The zero-order chi connectivity index (χ0) is 22.2. The average Bonchev–Trinajstić information content (AvgIpc) is 3.08. The van der Waals surface area contributed by atoms with Crippen LogP contribution in [0.1, 0.15) is 38.3 Å². The summed E-state index contributed by atoms with van der Waals surface area (Å²) in [5.41, 5.74) is 0.944. The molecule has 7 nitrogen and oxygen atoms in total. The molecule has 1 amide bonds. The van der Waals surface area contributed by atoms with Gasteiger partial charge in [0.1, 0.15) is 0 Å². The van der Waals surface area contributed by atoms with Gasteiger partial charge in [0.05, 0.1) is 17.9 Å². The van der Waals surface area contributed by atoms with Gasteiger partial charge in [-0.15, -0.1) is 0 Å². The van der Waals surface area contributed by atoms with Crippen LogP contribution in [0, 0.1) is 5.92 Å². The first-order chi connectivity index (χ1) is 14.1. The lowest BCUT2D eigenvalue weighted by Crippen LogP contribution is -2.49. The Morgan fingerprint density at radius 1 is 1.33 bits per heavy atom. The number of hydrogen-bond acceptors (Lipinski definition) is 5. The van der Waals surface area contributed by atoms with Crippen LogP contribution in [0.5, 0.6) is 0 Å². The summed E-state index contributed by atoms with van der Waals surface area (Å²) in [5, 5.41) is 7.12. The molecule has 2 aliphatic rings. The summed E-state index contributed by atoms with van der Waals surface area (Å²) >= 11 is 0. The number of aromatic nitrogens is 1. The van der Waals surface area contributed by atoms with E-state index in [1.807, 2.05) is 23.1 Å². The molecule has 1 spiro atoms. The Morgan fingerprint density at radius 2 is 2.00 bits per heavy atom. The lowest BCUT2D eigenvalue weighted by atomic mass is 9.78. The molecule has 2 aliphatic heterocycles. The van der Waals surface area contributed by atoms with Crippen molar-refractivity contribution in [2.24, 2.45) is 5.92 Å². The molecule has 2 fully saturated rings. The van der Waals surface area contributed by atoms with E-state index in [1.165, 1.54) is 0 Å². The van der Waals surface area contributed by atoms with Crippen molar-refractivity contribution in [3.8, 4) is 0 Å². The molecule has 0 aromatic carbocycles. The van der Waals surface area contributed by atoms with E-state index in [9.17, 15) is 18.0 Å². The smallest absolute Gasteiger partial charge is 0.475 e. The molecular weight excluding hydrogens is 405 g/mol. The van der Waals surface area contributed by atoms with Crippen molar-refractivity contribution in [1.29, 1.82) is 0 Å². The lowest BCUT2D eigenvalue weighted by molar-refractivity contribution is -0.192. The Kier molecular flexibility index (Phi) is 8.60. The number of nitrogens with zero attached hydrogens (tertiary/aromatic N) is 2. The normalized spacial score (nSPS) is 20.5. The Bertz CT molecular complexity index is 691. The Hall–Kier alpha value is -2.20. The first kappa shape index (κ1) is 24.1. The number of halogens is 3. The molecule has 1 atom stereocenters. The van der Waals surface area contributed by atoms with Crippen molar-refractivity contribution in [1.82, 2.24) is 9.88 Å². The molecule has 0 bridgehead atoms. The Morgan fingerprint density at radius 3 is 2.53 bits per heavy atom. The minimum absolute atomic E-state index is 0.0275. The van der Waals surface area contributed by atoms with E-state index in [2.05, 4.69) is 4.98 Å². The Labute approximate surface area is 173 Å². The van der Waals surface area contributed by atoms with Crippen molar-refractivity contribution in [2.45, 2.75) is 51.0 Å². The summed E-state index contributed by atoms with van der Waals surface area (Å²) < 4.78 is 43.7. The molecule has 1 unspecified atom stereocenters. The lowest BCUT2D eigenvalue weighted by Gasteiger charge is -2.42. The third-order valence-corrected chi connectivity index (χ3v) is 5.48. The molecule has 168 valence electrons. The van der Waals surface area contributed by atoms with Gasteiger partial charge in [0, 0.05) is 39.4 Å². The van der Waals surface area contributed by atoms with Crippen molar-refractivity contribution in [3.05, 3.63) is 30.1 Å². The van der Waals surface area contributed by atoms with Gasteiger partial charge in [-0.1, -0.05) is 6.07 Å². The van der Waals surface area contributed by atoms with Crippen LogP contribution in [0.3, 0.4) is 0 Å². The van der Waals surface area contributed by atoms with E-state index in [4.69, 9.17) is 19.4 Å². The van der Waals surface area contributed by atoms with Crippen molar-refractivity contribution in [2.75, 3.05) is 26.3 Å². The number of carboxylic acids is 1. The second-order valence-electron chi connectivity index (χ2n) is 7.37. The highest BCUT2D eigenvalue weighted by molar-refractivity contribution is 5.73. The SMILES string of the molecule is CC(=O)N1CCC2(CC1)OCCC2CCOCc1ccccn1.O=C(O)C(F)(F)F. The molecule has 1 aromatic heterocycles. The molecule has 3 rings (SSSR count). The summed E-state index contributed by atoms with van der Waals surface area (Å²) in [6.07, 6.45) is 0.746. The van der Waals surface area contributed by atoms with Gasteiger partial charge in [0.25, 0.3) is 0 Å². The van der Waals surface area contributed by atoms with E-state index >= 15 is 0 Å². The van der Waals surface area contributed by atoms with Crippen molar-refractivity contribution >= 4 is 11.9 Å². The van der Waals surface area contributed by atoms with Crippen molar-refractivity contribution in [3.63, 3.8) is 0 Å². The second kappa shape index (κ2) is 10.7. The number of hydrogen-bond donors (Lipinski definition) is 1. The highest BCUT2D eigenvalue weighted by Crippen LogP contribution is 2.42. The van der Waals surface area contributed by atoms with Crippen molar-refractivity contribution < 1.29 is 37.3 Å². The van der Waals surface area contributed by atoms with Gasteiger partial charge in [-0.05, 0) is 43.7 Å². The number of carboxylic acid groups (broad SMARTS) is 1. The molecule has 0 aliphatic carbocycles. The van der Waals surface area contributed by atoms with Crippen LogP contribution >= 0.6 is 0 Å². The maximum atomic E-state index is 11.5. The fourth-order valence-corrected chi connectivity index (χ4v) is 3.83. The van der Waals surface area contributed by atoms with E-state index < -0.39 is 12.1 Å². The number of piperidine rings is 1. The number of aliphatic carboxylic acids is 1. The minimum atomic E-state index is -5.08. The van der Waals surface area contributed by atoms with E-state index in [0.29, 0.717) is 12.5 Å². The number of ether oxygens (including phenoxy) is 2. The minimum Gasteiger partial charge on any atom is -0.475 e. The summed E-state index contributed by atoms with van der Waals surface area (Å²) in [6, 6.07) is 5.88. The molecule has 1 aromatic rings. The number of rotatable bonds is 5. The second-order valence-corrected chi connectivity index (χ2v) is 7.37. The topological polar surface area (TPSA) is 89.0 Å². The van der Waals surface area contributed by atoms with E-state index in [0.717, 1.165) is 57.7 Å². The fourth-order valence-electron chi connectivity index (χ4n) is 3.83. The third kappa shape index (κ3) is 6.94. The van der Waals surface area contributed by atoms with Gasteiger partial charge in [-0.25, -0.2) is 4.79 Å². The van der Waals surface area contributed by atoms with Gasteiger partial charge in [0.15, 0.2) is 0 Å². The third-order valence-electron chi connectivity index (χ3n) is 5.48. The number of likely N-dealkylation sites (tertiary alicyclic amines) is 1. The van der Waals surface area contributed by atoms with Gasteiger partial charge in [-0.3, -0.25) is 9.78 Å². The van der Waals surface area contributed by atoms with Crippen LogP contribution in [0.2, 0.25) is 0 Å². The number of pyridine rings is 1. The maximum absolute atomic E-state index is 11.5.